The number of ether oxygens (including phenoxy) is 1. The van der Waals surface area contributed by atoms with Crippen LogP contribution in [0.25, 0.3) is 17.1 Å². The maximum atomic E-state index is 13.8. The Balaban J connectivity index is 1.33. The van der Waals surface area contributed by atoms with Crippen molar-refractivity contribution in [3.05, 3.63) is 71.1 Å². The van der Waals surface area contributed by atoms with E-state index in [1.807, 2.05) is 24.3 Å². The summed E-state index contributed by atoms with van der Waals surface area (Å²) in [6.45, 7) is 0.641. The van der Waals surface area contributed by atoms with Gasteiger partial charge in [-0.05, 0) is 42.2 Å². The summed E-state index contributed by atoms with van der Waals surface area (Å²) < 4.78 is 32.5. The highest BCUT2D eigenvalue weighted by Crippen LogP contribution is 2.20. The lowest BCUT2D eigenvalue weighted by Gasteiger charge is -2.21. The predicted molar refractivity (Wildman–Crippen MR) is 107 cm³/mol. The number of nitrogens with zero attached hydrogens (tertiary/aromatic N) is 1. The van der Waals surface area contributed by atoms with Crippen LogP contribution in [0, 0.1) is 11.6 Å². The van der Waals surface area contributed by atoms with E-state index in [2.05, 4.69) is 15.4 Å². The molecule has 2 aromatic carbocycles. The lowest BCUT2D eigenvalue weighted by atomic mass is 10.1. The number of hydrogen-bond acceptors (Lipinski definition) is 4. The van der Waals surface area contributed by atoms with Crippen molar-refractivity contribution in [3.63, 3.8) is 0 Å². The summed E-state index contributed by atoms with van der Waals surface area (Å²) in [5.41, 5.74) is 4.59. The van der Waals surface area contributed by atoms with E-state index < -0.39 is 17.9 Å². The second-order valence-electron chi connectivity index (χ2n) is 7.07. The number of carbonyl (C=O) groups is 1. The largest absolute Gasteiger partial charge is 0.350 e. The molecule has 0 radical (unpaired) electrons. The first-order chi connectivity index (χ1) is 14.6. The van der Waals surface area contributed by atoms with Crippen molar-refractivity contribution in [1.82, 2.24) is 15.4 Å². The molecule has 8 heteroatoms. The number of hydrogen-bond donors (Lipinski definition) is 2. The van der Waals surface area contributed by atoms with E-state index >= 15 is 0 Å². The van der Waals surface area contributed by atoms with Crippen molar-refractivity contribution in [2.45, 2.75) is 32.0 Å². The monoisotopic (exact) mass is 413 g/mol. The van der Waals surface area contributed by atoms with Gasteiger partial charge < -0.3 is 9.72 Å². The first-order valence-corrected chi connectivity index (χ1v) is 9.75. The van der Waals surface area contributed by atoms with E-state index in [1.165, 1.54) is 12.1 Å². The summed E-state index contributed by atoms with van der Waals surface area (Å²) in [5, 5.41) is 0. The Bertz CT molecular complexity index is 1060. The molecule has 1 unspecified atom stereocenters. The van der Waals surface area contributed by atoms with Crippen LogP contribution >= 0.6 is 0 Å². The van der Waals surface area contributed by atoms with Gasteiger partial charge in [-0.25, -0.2) is 24.1 Å². The molecule has 2 N–H and O–H groups in total. The third-order valence-corrected chi connectivity index (χ3v) is 4.80. The minimum Gasteiger partial charge on any atom is -0.350 e. The molecule has 0 bridgehead atoms. The van der Waals surface area contributed by atoms with Crippen LogP contribution in [0.3, 0.4) is 0 Å². The maximum absolute atomic E-state index is 13.8. The van der Waals surface area contributed by atoms with Crippen LogP contribution in [0.4, 0.5) is 8.78 Å². The number of amides is 1. The summed E-state index contributed by atoms with van der Waals surface area (Å²) >= 11 is 0. The van der Waals surface area contributed by atoms with Crippen molar-refractivity contribution in [2.24, 2.45) is 0 Å². The molecule has 3 aromatic rings. The fourth-order valence-electron chi connectivity index (χ4n) is 3.23. The van der Waals surface area contributed by atoms with Gasteiger partial charge in [0.1, 0.15) is 11.3 Å². The van der Waals surface area contributed by atoms with Gasteiger partial charge in [-0.15, -0.1) is 0 Å². The lowest BCUT2D eigenvalue weighted by molar-refractivity contribution is -0.198. The van der Waals surface area contributed by atoms with Gasteiger partial charge in [0.05, 0.1) is 5.52 Å². The van der Waals surface area contributed by atoms with Crippen LogP contribution in [-0.2, 0) is 20.8 Å². The zero-order valence-corrected chi connectivity index (χ0v) is 16.2. The van der Waals surface area contributed by atoms with E-state index in [4.69, 9.17) is 9.57 Å². The average molecular weight is 413 g/mol. The summed E-state index contributed by atoms with van der Waals surface area (Å²) in [4.78, 5) is 24.2. The number of rotatable bonds is 6. The number of carbonyl (C=O) groups excluding carboxylic acids is 1. The molecule has 4 rings (SSSR count). The Morgan fingerprint density at radius 1 is 1.23 bits per heavy atom. The van der Waals surface area contributed by atoms with E-state index in [0.29, 0.717) is 24.4 Å². The summed E-state index contributed by atoms with van der Waals surface area (Å²) in [5.74, 6) is -1.70. The second kappa shape index (κ2) is 9.15. The molecule has 0 spiro atoms. The van der Waals surface area contributed by atoms with Gasteiger partial charge in [-0.3, -0.25) is 4.79 Å². The number of benzene rings is 2. The minimum atomic E-state index is -0.951. The fourth-order valence-corrected chi connectivity index (χ4v) is 3.23. The smallest absolute Gasteiger partial charge is 0.267 e. The Labute approximate surface area is 171 Å². The van der Waals surface area contributed by atoms with Gasteiger partial charge >= 0.3 is 0 Å². The van der Waals surface area contributed by atoms with Gasteiger partial charge in [0, 0.05) is 25.5 Å². The third kappa shape index (κ3) is 4.90. The molecule has 30 heavy (non-hydrogen) atoms. The van der Waals surface area contributed by atoms with Crippen LogP contribution in [0.1, 0.15) is 36.2 Å². The average Bonchev–Trinajstić information content (AvgIpc) is 3.18. The highest BCUT2D eigenvalue weighted by Gasteiger charge is 2.15. The van der Waals surface area contributed by atoms with Crippen LogP contribution in [0.5, 0.6) is 0 Å². The van der Waals surface area contributed by atoms with Crippen molar-refractivity contribution in [2.75, 3.05) is 6.61 Å². The SMILES string of the molecule is O=C(C=Cc1ccc(Cc2nc3c(F)c(F)ccc3[nH]2)cc1)NOC1CCCCO1. The number of hydroxylamine groups is 1. The Morgan fingerprint density at radius 3 is 2.83 bits per heavy atom. The third-order valence-electron chi connectivity index (χ3n) is 4.80. The molecular formula is C22H21F2N3O3. The van der Waals surface area contributed by atoms with E-state index in [0.717, 1.165) is 36.5 Å². The molecule has 1 atom stereocenters. The number of aromatic nitrogens is 2. The molecule has 1 aromatic heterocycles. The Kier molecular flexibility index (Phi) is 6.15. The zero-order valence-electron chi connectivity index (χ0n) is 16.2. The number of imidazole rings is 1. The van der Waals surface area contributed by atoms with E-state index in [9.17, 15) is 13.6 Å². The van der Waals surface area contributed by atoms with Crippen LogP contribution < -0.4 is 5.48 Å². The maximum Gasteiger partial charge on any atom is 0.267 e. The Hall–Kier alpha value is -3.10. The lowest BCUT2D eigenvalue weighted by Crippen LogP contribution is -2.32. The predicted octanol–water partition coefficient (Wildman–Crippen LogP) is 4.02. The van der Waals surface area contributed by atoms with Gasteiger partial charge in [0.15, 0.2) is 17.9 Å². The molecule has 0 saturated carbocycles. The highest BCUT2D eigenvalue weighted by molar-refractivity contribution is 5.90. The van der Waals surface area contributed by atoms with Gasteiger partial charge in [-0.1, -0.05) is 24.3 Å². The topological polar surface area (TPSA) is 76.2 Å². The molecule has 1 amide bonds. The van der Waals surface area contributed by atoms with Crippen molar-refractivity contribution >= 4 is 23.0 Å². The van der Waals surface area contributed by atoms with Crippen molar-refractivity contribution < 1.29 is 23.1 Å². The second-order valence-corrected chi connectivity index (χ2v) is 7.07. The molecule has 2 heterocycles. The molecule has 1 fully saturated rings. The number of H-pyrrole nitrogens is 1. The number of fused-ring (bicyclic) bond motifs is 1. The molecule has 1 aliphatic rings. The first-order valence-electron chi connectivity index (χ1n) is 9.75. The molecule has 1 aliphatic heterocycles. The van der Waals surface area contributed by atoms with Gasteiger partial charge in [0.2, 0.25) is 0 Å². The van der Waals surface area contributed by atoms with E-state index in [-0.39, 0.29) is 11.4 Å². The minimum absolute atomic E-state index is 0.00332. The number of nitrogens with one attached hydrogen (secondary N) is 2. The quantitative estimate of drug-likeness (QED) is 0.473. The molecule has 6 nitrogen and oxygen atoms in total. The normalized spacial score (nSPS) is 16.9. The molecule has 0 aliphatic carbocycles. The van der Waals surface area contributed by atoms with Gasteiger partial charge in [-0.2, -0.15) is 0 Å². The zero-order chi connectivity index (χ0) is 20.9. The van der Waals surface area contributed by atoms with Crippen molar-refractivity contribution in [1.29, 1.82) is 0 Å². The summed E-state index contributed by atoms with van der Waals surface area (Å²) in [6.07, 6.45) is 5.89. The van der Waals surface area contributed by atoms with Gasteiger partial charge in [0.25, 0.3) is 5.91 Å². The van der Waals surface area contributed by atoms with Crippen molar-refractivity contribution in [3.8, 4) is 0 Å². The highest BCUT2D eigenvalue weighted by atomic mass is 19.2. The first kappa shape index (κ1) is 20.2. The standard InChI is InChI=1S/C22H21F2N3O3/c23-16-9-10-17-22(21(16)24)26-18(25-17)13-15-6-4-14(5-7-15)8-11-19(28)27-30-20-3-1-2-12-29-20/h4-11,20H,1-3,12-13H2,(H,25,26)(H,27,28). The number of halogens is 2. The van der Waals surface area contributed by atoms with E-state index in [1.54, 1.807) is 6.08 Å². The van der Waals surface area contributed by atoms with Crippen LogP contribution in [0.2, 0.25) is 0 Å². The number of aromatic amines is 1. The Morgan fingerprint density at radius 2 is 2.07 bits per heavy atom. The molecule has 156 valence electrons. The van der Waals surface area contributed by atoms with Crippen LogP contribution in [-0.4, -0.2) is 28.8 Å². The molecule has 1 saturated heterocycles. The summed E-state index contributed by atoms with van der Waals surface area (Å²) in [7, 11) is 0. The van der Waals surface area contributed by atoms with Crippen LogP contribution in [0.15, 0.2) is 42.5 Å². The molecular weight excluding hydrogens is 392 g/mol. The summed E-state index contributed by atoms with van der Waals surface area (Å²) in [6, 6.07) is 10.0. The fraction of sp³-hybridized carbons (Fsp3) is 0.273.